The molecule has 1 aromatic heterocycles. The summed E-state index contributed by atoms with van der Waals surface area (Å²) in [6.07, 6.45) is 11.0. The van der Waals surface area contributed by atoms with Gasteiger partial charge in [-0.25, -0.2) is 0 Å². The number of anilines is 3. The topological polar surface area (TPSA) is 16.1 Å². The first kappa shape index (κ1) is 25.4. The smallest absolute Gasteiger partial charge is 0.0713 e. The van der Waals surface area contributed by atoms with Crippen LogP contribution in [0.2, 0.25) is 0 Å². The van der Waals surface area contributed by atoms with Crippen LogP contribution in [-0.2, 0) is 0 Å². The number of nitrogens with zero attached hydrogens (tertiary/aromatic N) is 2. The number of para-hydroxylation sites is 1. The van der Waals surface area contributed by atoms with Crippen LogP contribution in [-0.4, -0.2) is 10.2 Å². The number of aromatic nitrogens is 1. The molecule has 2 unspecified atom stereocenters. The molecule has 0 saturated carbocycles. The molecule has 9 rings (SSSR count). The molecule has 6 aromatic carbocycles. The summed E-state index contributed by atoms with van der Waals surface area (Å²) in [5.41, 5.74) is 6.89. The van der Waals surface area contributed by atoms with Crippen molar-refractivity contribution in [3.63, 3.8) is 0 Å². The molecule has 0 bridgehead atoms. The van der Waals surface area contributed by atoms with E-state index in [1.807, 2.05) is 11.8 Å². The maximum absolute atomic E-state index is 4.92. The van der Waals surface area contributed by atoms with E-state index in [-0.39, 0.29) is 0 Å². The van der Waals surface area contributed by atoms with Crippen LogP contribution in [0.5, 0.6) is 0 Å². The Hall–Kier alpha value is -5.12. The third-order valence-electron chi connectivity index (χ3n) is 9.00. The first-order chi connectivity index (χ1) is 21.8. The zero-order valence-electron chi connectivity index (χ0n) is 24.0. The summed E-state index contributed by atoms with van der Waals surface area (Å²) < 4.78 is 0. The molecule has 0 fully saturated rings. The molecule has 0 spiro atoms. The molecule has 7 aromatic rings. The molecular weight excluding hydrogens is 553 g/mol. The van der Waals surface area contributed by atoms with Crippen LogP contribution in [0.4, 0.5) is 17.1 Å². The number of allylic oxidation sites excluding steroid dienone is 3. The molecule has 1 aliphatic heterocycles. The van der Waals surface area contributed by atoms with Crippen molar-refractivity contribution < 1.29 is 0 Å². The molecule has 0 N–H and O–H groups in total. The van der Waals surface area contributed by atoms with E-state index in [0.29, 0.717) is 11.2 Å². The average molecular weight is 581 g/mol. The van der Waals surface area contributed by atoms with E-state index in [1.54, 1.807) is 0 Å². The Labute approximate surface area is 261 Å². The van der Waals surface area contributed by atoms with Crippen molar-refractivity contribution in [2.24, 2.45) is 0 Å². The van der Waals surface area contributed by atoms with Gasteiger partial charge >= 0.3 is 0 Å². The van der Waals surface area contributed by atoms with Crippen LogP contribution in [0.1, 0.15) is 11.5 Å². The van der Waals surface area contributed by atoms with Crippen molar-refractivity contribution in [1.82, 2.24) is 4.98 Å². The van der Waals surface area contributed by atoms with Gasteiger partial charge in [-0.3, -0.25) is 4.98 Å². The van der Waals surface area contributed by atoms with Gasteiger partial charge in [0.2, 0.25) is 0 Å². The number of benzene rings is 6. The van der Waals surface area contributed by atoms with Gasteiger partial charge in [0.15, 0.2) is 0 Å². The van der Waals surface area contributed by atoms with E-state index in [1.165, 1.54) is 42.8 Å². The number of hydrogen-bond donors (Lipinski definition) is 0. The standard InChI is InChI=1S/C41H28N2S/c1-2-11-30(12-3-1)43(38-24-29-19-18-27-10-4-5-13-32(27)41(29)35-16-7-6-14-33(35)38)31-22-20-28(21-23-31)37-25-40-36(26-42-37)34-15-8-9-17-39(34)44-40/h1-26,34,39H. The lowest BCUT2D eigenvalue weighted by Gasteiger charge is -2.28. The maximum Gasteiger partial charge on any atom is 0.0713 e. The Bertz CT molecular complexity index is 2270. The summed E-state index contributed by atoms with van der Waals surface area (Å²) in [7, 11) is 0. The molecule has 0 saturated heterocycles. The normalized spacial score (nSPS) is 16.8. The molecule has 2 aliphatic rings. The number of pyridine rings is 1. The molecule has 0 amide bonds. The highest BCUT2D eigenvalue weighted by Gasteiger charge is 2.31. The van der Waals surface area contributed by atoms with Gasteiger partial charge in [0.25, 0.3) is 0 Å². The molecule has 2 heterocycles. The highest BCUT2D eigenvalue weighted by molar-refractivity contribution is 8.00. The number of rotatable bonds is 4. The zero-order valence-corrected chi connectivity index (χ0v) is 24.8. The van der Waals surface area contributed by atoms with Gasteiger partial charge in [0.1, 0.15) is 0 Å². The van der Waals surface area contributed by atoms with E-state index < -0.39 is 0 Å². The van der Waals surface area contributed by atoms with Crippen molar-refractivity contribution in [3.05, 3.63) is 163 Å². The number of hydrogen-bond acceptors (Lipinski definition) is 3. The van der Waals surface area contributed by atoms with E-state index in [2.05, 4.69) is 163 Å². The highest BCUT2D eigenvalue weighted by Crippen LogP contribution is 2.49. The Morgan fingerprint density at radius 2 is 1.30 bits per heavy atom. The van der Waals surface area contributed by atoms with Crippen molar-refractivity contribution in [1.29, 1.82) is 0 Å². The quantitative estimate of drug-likeness (QED) is 0.193. The molecule has 2 atom stereocenters. The van der Waals surface area contributed by atoms with Gasteiger partial charge in [-0.1, -0.05) is 115 Å². The minimum atomic E-state index is 0.429. The fourth-order valence-corrected chi connectivity index (χ4v) is 8.26. The minimum absolute atomic E-state index is 0.429. The zero-order chi connectivity index (χ0) is 29.0. The third kappa shape index (κ3) is 4.08. The Morgan fingerprint density at radius 1 is 0.591 bits per heavy atom. The first-order valence-corrected chi connectivity index (χ1v) is 16.0. The van der Waals surface area contributed by atoms with Crippen LogP contribution in [0.15, 0.2) is 163 Å². The second kappa shape index (κ2) is 10.3. The number of thioether (sulfide) groups is 1. The van der Waals surface area contributed by atoms with E-state index in [0.717, 1.165) is 28.3 Å². The lowest BCUT2D eigenvalue weighted by Crippen LogP contribution is -2.10. The molecule has 44 heavy (non-hydrogen) atoms. The largest absolute Gasteiger partial charge is 0.310 e. The van der Waals surface area contributed by atoms with Crippen molar-refractivity contribution in [2.45, 2.75) is 16.1 Å². The lowest BCUT2D eigenvalue weighted by molar-refractivity contribution is 0.872. The molecule has 208 valence electrons. The van der Waals surface area contributed by atoms with Crippen molar-refractivity contribution >= 4 is 61.1 Å². The monoisotopic (exact) mass is 580 g/mol. The van der Waals surface area contributed by atoms with Gasteiger partial charge in [0.05, 0.1) is 11.4 Å². The van der Waals surface area contributed by atoms with E-state index in [9.17, 15) is 0 Å². The van der Waals surface area contributed by atoms with Crippen LogP contribution in [0.25, 0.3) is 43.6 Å². The predicted octanol–water partition coefficient (Wildman–Crippen LogP) is 11.4. The van der Waals surface area contributed by atoms with E-state index >= 15 is 0 Å². The third-order valence-corrected chi connectivity index (χ3v) is 10.3. The van der Waals surface area contributed by atoms with Crippen LogP contribution in [0, 0.1) is 0 Å². The summed E-state index contributed by atoms with van der Waals surface area (Å²) in [4.78, 5) is 8.64. The fraction of sp³-hybridized carbons (Fsp3) is 0.0488. The highest BCUT2D eigenvalue weighted by atomic mass is 32.2. The summed E-state index contributed by atoms with van der Waals surface area (Å²) in [6, 6.07) is 46.2. The maximum atomic E-state index is 4.92. The van der Waals surface area contributed by atoms with Gasteiger partial charge in [0, 0.05) is 44.6 Å². The van der Waals surface area contributed by atoms with Crippen LogP contribution < -0.4 is 4.90 Å². The van der Waals surface area contributed by atoms with Crippen LogP contribution in [0.3, 0.4) is 0 Å². The van der Waals surface area contributed by atoms with Gasteiger partial charge in [-0.05, 0) is 68.9 Å². The van der Waals surface area contributed by atoms with Crippen LogP contribution >= 0.6 is 11.8 Å². The molecule has 2 nitrogen and oxygen atoms in total. The summed E-state index contributed by atoms with van der Waals surface area (Å²) in [5.74, 6) is 0.429. The summed E-state index contributed by atoms with van der Waals surface area (Å²) in [5, 5.41) is 8.06. The Balaban J connectivity index is 1.18. The molecule has 0 radical (unpaired) electrons. The van der Waals surface area contributed by atoms with Gasteiger partial charge < -0.3 is 4.90 Å². The summed E-state index contributed by atoms with van der Waals surface area (Å²) >= 11 is 1.95. The second-order valence-electron chi connectivity index (χ2n) is 11.5. The fourth-order valence-electron chi connectivity index (χ4n) is 6.91. The van der Waals surface area contributed by atoms with Crippen molar-refractivity contribution in [3.8, 4) is 11.3 Å². The Morgan fingerprint density at radius 3 is 2.16 bits per heavy atom. The Kier molecular flexibility index (Phi) is 5.92. The molecule has 3 heteroatoms. The SMILES string of the molecule is C1=CC2Sc3cc(-c4ccc(N(c5ccccc5)c5cc6ccc7ccccc7c6c6ccccc56)cc4)ncc3C2C=C1. The minimum Gasteiger partial charge on any atom is -0.310 e. The average Bonchev–Trinajstić information content (AvgIpc) is 3.47. The second-order valence-corrected chi connectivity index (χ2v) is 12.7. The van der Waals surface area contributed by atoms with E-state index in [4.69, 9.17) is 4.98 Å². The summed E-state index contributed by atoms with van der Waals surface area (Å²) in [6.45, 7) is 0. The number of fused-ring (bicyclic) bond motifs is 8. The van der Waals surface area contributed by atoms with Gasteiger partial charge in [-0.2, -0.15) is 0 Å². The molecular formula is C41H28N2S. The van der Waals surface area contributed by atoms with Gasteiger partial charge in [-0.15, -0.1) is 11.8 Å². The lowest BCUT2D eigenvalue weighted by atomic mass is 9.93. The van der Waals surface area contributed by atoms with Crippen molar-refractivity contribution in [2.75, 3.05) is 4.90 Å². The first-order valence-electron chi connectivity index (χ1n) is 15.1. The molecule has 1 aliphatic carbocycles. The predicted molar refractivity (Wildman–Crippen MR) is 188 cm³/mol.